The summed E-state index contributed by atoms with van der Waals surface area (Å²) >= 11 is 0. The van der Waals surface area contributed by atoms with Gasteiger partial charge in [-0.25, -0.2) is 0 Å². The Morgan fingerprint density at radius 3 is 2.52 bits per heavy atom. The van der Waals surface area contributed by atoms with Crippen LogP contribution in [0.1, 0.15) is 24.1 Å². The van der Waals surface area contributed by atoms with Gasteiger partial charge in [0.2, 0.25) is 5.95 Å². The molecule has 1 fully saturated rings. The van der Waals surface area contributed by atoms with Gasteiger partial charge in [-0.1, -0.05) is 30.3 Å². The van der Waals surface area contributed by atoms with Crippen LogP contribution in [0.4, 0.5) is 5.95 Å². The van der Waals surface area contributed by atoms with E-state index in [4.69, 9.17) is 5.11 Å². The summed E-state index contributed by atoms with van der Waals surface area (Å²) in [5.74, 6) is -0.665. The molecule has 2 heterocycles. The summed E-state index contributed by atoms with van der Waals surface area (Å²) in [4.78, 5) is 27.8. The zero-order valence-corrected chi connectivity index (χ0v) is 12.6. The Bertz CT molecular complexity index is 736. The maximum absolute atomic E-state index is 12.2. The van der Waals surface area contributed by atoms with E-state index in [0.29, 0.717) is 44.0 Å². The Labute approximate surface area is 133 Å². The van der Waals surface area contributed by atoms with E-state index in [9.17, 15) is 9.59 Å². The molecule has 2 aromatic rings. The largest absolute Gasteiger partial charge is 0.481 e. The Morgan fingerprint density at radius 1 is 1.22 bits per heavy atom. The molecule has 1 aliphatic heterocycles. The van der Waals surface area contributed by atoms with E-state index in [0.717, 1.165) is 5.56 Å². The van der Waals surface area contributed by atoms with Crippen LogP contribution >= 0.6 is 0 Å². The van der Waals surface area contributed by atoms with E-state index in [-0.39, 0.29) is 11.5 Å². The Balaban J connectivity index is 1.70. The first-order valence-electron chi connectivity index (χ1n) is 7.61. The second-order valence-electron chi connectivity index (χ2n) is 5.69. The van der Waals surface area contributed by atoms with Crippen molar-refractivity contribution < 1.29 is 9.90 Å². The van der Waals surface area contributed by atoms with Gasteiger partial charge in [0.05, 0.1) is 5.92 Å². The smallest absolute Gasteiger partial charge is 0.306 e. The SMILES string of the molecule is O=C(O)C1CCN(c2nnc(Cc3ccccc3)c(=O)[nH]2)CC1. The normalized spacial score (nSPS) is 15.6. The molecule has 1 aromatic heterocycles. The molecule has 3 rings (SSSR count). The first kappa shape index (κ1) is 15.2. The number of anilines is 1. The quantitative estimate of drug-likeness (QED) is 0.875. The number of hydrogen-bond donors (Lipinski definition) is 2. The number of aliphatic carboxylic acids is 1. The summed E-state index contributed by atoms with van der Waals surface area (Å²) in [5.41, 5.74) is 1.13. The first-order valence-corrected chi connectivity index (χ1v) is 7.61. The lowest BCUT2D eigenvalue weighted by Gasteiger charge is -2.29. The number of carboxylic acid groups (broad SMARTS) is 1. The van der Waals surface area contributed by atoms with Crippen LogP contribution in [0.15, 0.2) is 35.1 Å². The predicted octanol–water partition coefficient (Wildman–Crippen LogP) is 1.06. The van der Waals surface area contributed by atoms with Crippen LogP contribution in [0.25, 0.3) is 0 Å². The van der Waals surface area contributed by atoms with Crippen molar-refractivity contribution >= 4 is 11.9 Å². The number of H-pyrrole nitrogens is 1. The Kier molecular flexibility index (Phi) is 4.36. The van der Waals surface area contributed by atoms with E-state index in [1.165, 1.54) is 0 Å². The van der Waals surface area contributed by atoms with E-state index in [1.54, 1.807) is 0 Å². The van der Waals surface area contributed by atoms with Crippen LogP contribution < -0.4 is 10.5 Å². The number of piperidine rings is 1. The molecule has 7 heteroatoms. The lowest BCUT2D eigenvalue weighted by Crippen LogP contribution is -2.38. The highest BCUT2D eigenvalue weighted by molar-refractivity contribution is 5.70. The molecule has 7 nitrogen and oxygen atoms in total. The monoisotopic (exact) mass is 314 g/mol. The van der Waals surface area contributed by atoms with Gasteiger partial charge in [-0.2, -0.15) is 0 Å². The number of carbonyl (C=O) groups is 1. The number of nitrogens with one attached hydrogen (secondary N) is 1. The van der Waals surface area contributed by atoms with Crippen LogP contribution in [0.5, 0.6) is 0 Å². The van der Waals surface area contributed by atoms with E-state index in [1.807, 2.05) is 35.2 Å². The summed E-state index contributed by atoms with van der Waals surface area (Å²) in [6.45, 7) is 1.11. The molecule has 2 N–H and O–H groups in total. The standard InChI is InChI=1S/C16H18N4O3/c21-14-13(10-11-4-2-1-3-5-11)18-19-16(17-14)20-8-6-12(7-9-20)15(22)23/h1-5,12H,6-10H2,(H,22,23)(H,17,19,21). The van der Waals surface area contributed by atoms with Crippen LogP contribution in [-0.4, -0.2) is 39.3 Å². The summed E-state index contributed by atoms with van der Waals surface area (Å²) in [5, 5.41) is 17.2. The van der Waals surface area contributed by atoms with E-state index in [2.05, 4.69) is 15.2 Å². The van der Waals surface area contributed by atoms with E-state index >= 15 is 0 Å². The maximum atomic E-state index is 12.2. The third kappa shape index (κ3) is 3.56. The Morgan fingerprint density at radius 2 is 1.91 bits per heavy atom. The molecule has 120 valence electrons. The highest BCUT2D eigenvalue weighted by atomic mass is 16.4. The van der Waals surface area contributed by atoms with Crippen LogP contribution in [-0.2, 0) is 11.2 Å². The molecular weight excluding hydrogens is 296 g/mol. The van der Waals surface area contributed by atoms with Crippen LogP contribution in [0.3, 0.4) is 0 Å². The van der Waals surface area contributed by atoms with Gasteiger partial charge in [0.15, 0.2) is 0 Å². The van der Waals surface area contributed by atoms with Gasteiger partial charge < -0.3 is 10.0 Å². The second kappa shape index (κ2) is 6.60. The summed E-state index contributed by atoms with van der Waals surface area (Å²) in [7, 11) is 0. The van der Waals surface area contributed by atoms with Gasteiger partial charge in [0.1, 0.15) is 5.69 Å². The second-order valence-corrected chi connectivity index (χ2v) is 5.69. The number of aromatic nitrogens is 3. The van der Waals surface area contributed by atoms with Crippen molar-refractivity contribution in [3.8, 4) is 0 Å². The van der Waals surface area contributed by atoms with Crippen molar-refractivity contribution in [1.82, 2.24) is 15.2 Å². The van der Waals surface area contributed by atoms with Gasteiger partial charge in [-0.05, 0) is 18.4 Å². The van der Waals surface area contributed by atoms with Gasteiger partial charge in [-0.15, -0.1) is 10.2 Å². The minimum absolute atomic E-state index is 0.251. The fraction of sp³-hybridized carbons (Fsp3) is 0.375. The molecule has 0 radical (unpaired) electrons. The molecule has 0 aliphatic carbocycles. The van der Waals surface area contributed by atoms with Crippen molar-refractivity contribution in [2.24, 2.45) is 5.92 Å². The first-order chi connectivity index (χ1) is 11.1. The van der Waals surface area contributed by atoms with Crippen molar-refractivity contribution in [3.05, 3.63) is 51.9 Å². The molecule has 23 heavy (non-hydrogen) atoms. The number of benzene rings is 1. The molecule has 0 atom stereocenters. The van der Waals surface area contributed by atoms with E-state index < -0.39 is 5.97 Å². The third-order valence-corrected chi connectivity index (χ3v) is 4.11. The molecular formula is C16H18N4O3. The molecule has 1 aliphatic rings. The average Bonchev–Trinajstić information content (AvgIpc) is 2.58. The third-order valence-electron chi connectivity index (χ3n) is 4.11. The van der Waals surface area contributed by atoms with Crippen LogP contribution in [0.2, 0.25) is 0 Å². The van der Waals surface area contributed by atoms with Crippen molar-refractivity contribution in [2.75, 3.05) is 18.0 Å². The fourth-order valence-electron chi connectivity index (χ4n) is 2.74. The number of nitrogens with zero attached hydrogens (tertiary/aromatic N) is 3. The van der Waals surface area contributed by atoms with Gasteiger partial charge in [0, 0.05) is 19.5 Å². The van der Waals surface area contributed by atoms with Crippen molar-refractivity contribution in [2.45, 2.75) is 19.3 Å². The fourth-order valence-corrected chi connectivity index (χ4v) is 2.74. The average molecular weight is 314 g/mol. The highest BCUT2D eigenvalue weighted by Gasteiger charge is 2.25. The number of aromatic amines is 1. The minimum Gasteiger partial charge on any atom is -0.481 e. The molecule has 0 unspecified atom stereocenters. The minimum atomic E-state index is -0.762. The van der Waals surface area contributed by atoms with Crippen LogP contribution in [0, 0.1) is 5.92 Å². The highest BCUT2D eigenvalue weighted by Crippen LogP contribution is 2.19. The topological polar surface area (TPSA) is 99.2 Å². The molecule has 1 saturated heterocycles. The lowest BCUT2D eigenvalue weighted by molar-refractivity contribution is -0.142. The summed E-state index contributed by atoms with van der Waals surface area (Å²) in [6.07, 6.45) is 1.53. The molecule has 0 saturated carbocycles. The van der Waals surface area contributed by atoms with Gasteiger partial charge >= 0.3 is 5.97 Å². The zero-order chi connectivity index (χ0) is 16.2. The summed E-state index contributed by atoms with van der Waals surface area (Å²) < 4.78 is 0. The molecule has 1 aromatic carbocycles. The lowest BCUT2D eigenvalue weighted by atomic mass is 9.97. The maximum Gasteiger partial charge on any atom is 0.306 e. The number of hydrogen-bond acceptors (Lipinski definition) is 5. The van der Waals surface area contributed by atoms with Crippen molar-refractivity contribution in [1.29, 1.82) is 0 Å². The number of rotatable bonds is 4. The number of carboxylic acids is 1. The predicted molar refractivity (Wildman–Crippen MR) is 84.5 cm³/mol. The molecule has 0 spiro atoms. The molecule has 0 bridgehead atoms. The molecule has 0 amide bonds. The van der Waals surface area contributed by atoms with Gasteiger partial charge in [0.25, 0.3) is 5.56 Å². The summed E-state index contributed by atoms with van der Waals surface area (Å²) in [6, 6.07) is 9.62. The Hall–Kier alpha value is -2.70. The van der Waals surface area contributed by atoms with Crippen molar-refractivity contribution in [3.63, 3.8) is 0 Å². The van der Waals surface area contributed by atoms with Gasteiger partial charge in [-0.3, -0.25) is 14.6 Å². The zero-order valence-electron chi connectivity index (χ0n) is 12.6.